The highest BCUT2D eigenvalue weighted by atomic mass is 32.2. The third-order valence-corrected chi connectivity index (χ3v) is 5.65. The van der Waals surface area contributed by atoms with Gasteiger partial charge in [0.1, 0.15) is 5.82 Å². The Morgan fingerprint density at radius 1 is 1.35 bits per heavy atom. The van der Waals surface area contributed by atoms with Gasteiger partial charge in [-0.1, -0.05) is 35.2 Å². The first-order chi connectivity index (χ1) is 11.2. The smallest absolute Gasteiger partial charge is 0.258 e. The van der Waals surface area contributed by atoms with Crippen molar-refractivity contribution in [2.24, 2.45) is 0 Å². The van der Waals surface area contributed by atoms with Crippen molar-refractivity contribution >= 4 is 39.1 Å². The summed E-state index contributed by atoms with van der Waals surface area (Å²) in [6.07, 6.45) is 2.42. The van der Waals surface area contributed by atoms with Gasteiger partial charge in [-0.05, 0) is 31.9 Å². The molecule has 1 unspecified atom stereocenters. The maximum atomic E-state index is 12.1. The highest BCUT2D eigenvalue weighted by Gasteiger charge is 2.23. The van der Waals surface area contributed by atoms with Crippen LogP contribution in [0.1, 0.15) is 30.8 Å². The van der Waals surface area contributed by atoms with Crippen LogP contribution in [0.5, 0.6) is 0 Å². The third-order valence-electron chi connectivity index (χ3n) is 3.61. The molecule has 3 aromatic rings. The van der Waals surface area contributed by atoms with E-state index < -0.39 is 0 Å². The van der Waals surface area contributed by atoms with Gasteiger partial charge in [0.05, 0.1) is 16.2 Å². The number of anilines is 1. The average molecular weight is 345 g/mol. The van der Waals surface area contributed by atoms with Crippen molar-refractivity contribution in [2.75, 3.05) is 5.32 Å². The SMILES string of the molecule is CC(Sc1nnc(NC2CC2)s1)c1nc2ccccc2c(=O)[nH]1. The molecule has 1 saturated carbocycles. The molecule has 1 atom stereocenters. The Labute approximate surface area is 140 Å². The van der Waals surface area contributed by atoms with E-state index in [0.717, 1.165) is 9.47 Å². The Morgan fingerprint density at radius 2 is 2.17 bits per heavy atom. The molecular weight excluding hydrogens is 330 g/mol. The van der Waals surface area contributed by atoms with E-state index in [2.05, 4.69) is 25.5 Å². The van der Waals surface area contributed by atoms with E-state index in [0.29, 0.717) is 22.8 Å². The van der Waals surface area contributed by atoms with Crippen molar-refractivity contribution in [1.82, 2.24) is 20.2 Å². The Bertz CT molecular complexity index is 902. The lowest BCUT2D eigenvalue weighted by Crippen LogP contribution is -2.12. The molecule has 0 aliphatic heterocycles. The first-order valence-electron chi connectivity index (χ1n) is 7.45. The van der Waals surface area contributed by atoms with Crippen LogP contribution in [-0.4, -0.2) is 26.2 Å². The number of hydrogen-bond donors (Lipinski definition) is 2. The Kier molecular flexibility index (Phi) is 3.78. The number of benzene rings is 1. The standard InChI is InChI=1S/C15H15N5OS2/c1-8(22-15-20-19-14(23-15)16-9-6-7-9)12-17-11-5-3-2-4-10(11)13(21)18-12/h2-5,8-9H,6-7H2,1H3,(H,16,19)(H,17,18,21). The first kappa shape index (κ1) is 14.6. The van der Waals surface area contributed by atoms with Crippen LogP contribution in [-0.2, 0) is 0 Å². The Balaban J connectivity index is 1.55. The third kappa shape index (κ3) is 3.23. The van der Waals surface area contributed by atoms with Gasteiger partial charge in [0.15, 0.2) is 4.34 Å². The summed E-state index contributed by atoms with van der Waals surface area (Å²) in [7, 11) is 0. The largest absolute Gasteiger partial charge is 0.357 e. The van der Waals surface area contributed by atoms with Gasteiger partial charge in [0.25, 0.3) is 5.56 Å². The summed E-state index contributed by atoms with van der Waals surface area (Å²) in [5.41, 5.74) is 0.610. The maximum absolute atomic E-state index is 12.1. The molecule has 2 heterocycles. The molecule has 0 saturated heterocycles. The zero-order valence-corrected chi connectivity index (χ0v) is 14.1. The summed E-state index contributed by atoms with van der Waals surface area (Å²) >= 11 is 3.10. The summed E-state index contributed by atoms with van der Waals surface area (Å²) in [4.78, 5) is 19.6. The van der Waals surface area contributed by atoms with E-state index in [-0.39, 0.29) is 10.8 Å². The monoisotopic (exact) mass is 345 g/mol. The van der Waals surface area contributed by atoms with Gasteiger partial charge in [0.2, 0.25) is 5.13 Å². The van der Waals surface area contributed by atoms with Crippen LogP contribution in [0.2, 0.25) is 0 Å². The fraction of sp³-hybridized carbons (Fsp3) is 0.333. The summed E-state index contributed by atoms with van der Waals surface area (Å²) in [5.74, 6) is 0.658. The van der Waals surface area contributed by atoms with Crippen molar-refractivity contribution < 1.29 is 0 Å². The van der Waals surface area contributed by atoms with E-state index in [1.54, 1.807) is 29.2 Å². The van der Waals surface area contributed by atoms with Gasteiger partial charge in [-0.15, -0.1) is 10.2 Å². The molecule has 8 heteroatoms. The van der Waals surface area contributed by atoms with E-state index in [1.165, 1.54) is 12.8 Å². The molecule has 1 aromatic carbocycles. The van der Waals surface area contributed by atoms with E-state index >= 15 is 0 Å². The van der Waals surface area contributed by atoms with Crippen molar-refractivity contribution in [2.45, 2.75) is 35.4 Å². The topological polar surface area (TPSA) is 83.6 Å². The minimum absolute atomic E-state index is 0.00553. The fourth-order valence-corrected chi connectivity index (χ4v) is 4.25. The predicted molar refractivity (Wildman–Crippen MR) is 93.2 cm³/mol. The second kappa shape index (κ2) is 5.93. The molecule has 0 spiro atoms. The second-order valence-corrected chi connectivity index (χ2v) is 8.09. The number of aromatic nitrogens is 4. The lowest BCUT2D eigenvalue weighted by molar-refractivity contribution is 0.916. The number of aromatic amines is 1. The molecule has 2 aromatic heterocycles. The van der Waals surface area contributed by atoms with Crippen LogP contribution in [0.25, 0.3) is 10.9 Å². The minimum Gasteiger partial charge on any atom is -0.357 e. The van der Waals surface area contributed by atoms with Gasteiger partial charge < -0.3 is 10.3 Å². The Hall–Kier alpha value is -1.93. The normalized spacial score (nSPS) is 15.7. The van der Waals surface area contributed by atoms with Crippen molar-refractivity contribution in [3.05, 3.63) is 40.4 Å². The highest BCUT2D eigenvalue weighted by molar-refractivity contribution is 8.01. The first-order valence-corrected chi connectivity index (χ1v) is 9.14. The fourth-order valence-electron chi connectivity index (χ4n) is 2.22. The molecule has 1 aliphatic rings. The van der Waals surface area contributed by atoms with Crippen LogP contribution in [0.3, 0.4) is 0 Å². The number of hydrogen-bond acceptors (Lipinski definition) is 7. The summed E-state index contributed by atoms with van der Waals surface area (Å²) in [6, 6.07) is 7.93. The molecule has 118 valence electrons. The molecule has 0 radical (unpaired) electrons. The van der Waals surface area contributed by atoms with Crippen LogP contribution in [0.4, 0.5) is 5.13 Å². The van der Waals surface area contributed by atoms with Gasteiger partial charge in [-0.25, -0.2) is 4.98 Å². The number of rotatable bonds is 5. The number of nitrogens with zero attached hydrogens (tertiary/aromatic N) is 3. The molecule has 1 aliphatic carbocycles. The molecule has 0 bridgehead atoms. The number of H-pyrrole nitrogens is 1. The summed E-state index contributed by atoms with van der Waals surface area (Å²) in [6.45, 7) is 2.01. The predicted octanol–water partition coefficient (Wildman–Crippen LogP) is 3.20. The zero-order valence-electron chi connectivity index (χ0n) is 12.4. The molecule has 2 N–H and O–H groups in total. The van der Waals surface area contributed by atoms with E-state index in [4.69, 9.17) is 0 Å². The molecule has 4 rings (SSSR count). The van der Waals surface area contributed by atoms with Gasteiger partial charge >= 0.3 is 0 Å². The van der Waals surface area contributed by atoms with Crippen molar-refractivity contribution in [3.8, 4) is 0 Å². The summed E-state index contributed by atoms with van der Waals surface area (Å²) in [5, 5.41) is 13.2. The number of nitrogens with one attached hydrogen (secondary N) is 2. The van der Waals surface area contributed by atoms with Crippen molar-refractivity contribution in [3.63, 3.8) is 0 Å². The quantitative estimate of drug-likeness (QED) is 0.691. The molecular formula is C15H15N5OS2. The Morgan fingerprint density at radius 3 is 3.00 bits per heavy atom. The van der Waals surface area contributed by atoms with Crippen LogP contribution in [0, 0.1) is 0 Å². The molecule has 1 fully saturated rings. The zero-order chi connectivity index (χ0) is 15.8. The van der Waals surface area contributed by atoms with Crippen LogP contribution < -0.4 is 10.9 Å². The summed E-state index contributed by atoms with van der Waals surface area (Å²) < 4.78 is 0.872. The van der Waals surface area contributed by atoms with Crippen LogP contribution in [0.15, 0.2) is 33.4 Å². The lowest BCUT2D eigenvalue weighted by atomic mass is 10.2. The van der Waals surface area contributed by atoms with Crippen molar-refractivity contribution in [1.29, 1.82) is 0 Å². The van der Waals surface area contributed by atoms with E-state index in [1.807, 2.05) is 25.1 Å². The van der Waals surface area contributed by atoms with Gasteiger partial charge in [-0.2, -0.15) is 0 Å². The van der Waals surface area contributed by atoms with Crippen LogP contribution >= 0.6 is 23.1 Å². The maximum Gasteiger partial charge on any atom is 0.258 e. The van der Waals surface area contributed by atoms with Gasteiger partial charge in [-0.3, -0.25) is 4.79 Å². The molecule has 23 heavy (non-hydrogen) atoms. The number of para-hydroxylation sites is 1. The lowest BCUT2D eigenvalue weighted by Gasteiger charge is -2.08. The average Bonchev–Trinajstić information content (AvgIpc) is 3.25. The number of fused-ring (bicyclic) bond motifs is 1. The number of thioether (sulfide) groups is 1. The minimum atomic E-state index is -0.105. The molecule has 6 nitrogen and oxygen atoms in total. The van der Waals surface area contributed by atoms with E-state index in [9.17, 15) is 4.79 Å². The second-order valence-electron chi connectivity index (χ2n) is 5.52. The highest BCUT2D eigenvalue weighted by Crippen LogP contribution is 2.37. The molecule has 0 amide bonds. The van der Waals surface area contributed by atoms with Gasteiger partial charge in [0, 0.05) is 6.04 Å².